The van der Waals surface area contributed by atoms with E-state index in [-0.39, 0.29) is 32.6 Å². The van der Waals surface area contributed by atoms with Crippen molar-refractivity contribution in [3.63, 3.8) is 0 Å². The maximum atomic E-state index is 10.7. The van der Waals surface area contributed by atoms with Crippen molar-refractivity contribution in [2.75, 3.05) is 0 Å². The summed E-state index contributed by atoms with van der Waals surface area (Å²) in [6.07, 6.45) is 0. The molecule has 0 bridgehead atoms. The van der Waals surface area contributed by atoms with Gasteiger partial charge in [-0.05, 0) is 6.07 Å². The van der Waals surface area contributed by atoms with E-state index in [0.29, 0.717) is 0 Å². The minimum absolute atomic E-state index is 0.0168. The molecular formula is C9H2Cl2N4O2. The van der Waals surface area contributed by atoms with Gasteiger partial charge in [0.15, 0.2) is 10.3 Å². The number of fused-ring (bicyclic) bond motifs is 1. The lowest BCUT2D eigenvalue weighted by Gasteiger charge is -2.00. The maximum Gasteiger partial charge on any atom is 0.289 e. The standard InChI is InChI=1S/C9H2Cl2N4O2/c10-8-9(11)14-6-2-7(15(16)17)4(3-12)1-5(6)13-8/h1-2H. The molecule has 17 heavy (non-hydrogen) atoms. The van der Waals surface area contributed by atoms with E-state index in [1.54, 1.807) is 6.07 Å². The fourth-order valence-corrected chi connectivity index (χ4v) is 1.56. The Morgan fingerprint density at radius 1 is 1.24 bits per heavy atom. The molecule has 0 unspecified atom stereocenters. The minimum Gasteiger partial charge on any atom is -0.258 e. The van der Waals surface area contributed by atoms with Crippen LogP contribution in [0.15, 0.2) is 12.1 Å². The number of halogens is 2. The quantitative estimate of drug-likeness (QED) is 0.586. The lowest BCUT2D eigenvalue weighted by molar-refractivity contribution is -0.385. The van der Waals surface area contributed by atoms with Gasteiger partial charge in [0, 0.05) is 6.07 Å². The van der Waals surface area contributed by atoms with Crippen LogP contribution in [-0.2, 0) is 0 Å². The average molecular weight is 269 g/mol. The zero-order valence-electron chi connectivity index (χ0n) is 8.02. The predicted octanol–water partition coefficient (Wildman–Crippen LogP) is 2.72. The van der Waals surface area contributed by atoms with E-state index >= 15 is 0 Å². The van der Waals surface area contributed by atoms with Crippen LogP contribution in [0.2, 0.25) is 10.3 Å². The Balaban J connectivity index is 2.84. The second-order valence-corrected chi connectivity index (χ2v) is 3.75. The molecule has 0 amide bonds. The van der Waals surface area contributed by atoms with E-state index in [1.807, 2.05) is 0 Å². The van der Waals surface area contributed by atoms with E-state index in [4.69, 9.17) is 28.5 Å². The van der Waals surface area contributed by atoms with Crippen molar-refractivity contribution >= 4 is 39.9 Å². The SMILES string of the molecule is N#Cc1cc2nc(Cl)c(Cl)nc2cc1[N+](=O)[O-]. The Kier molecular flexibility index (Phi) is 2.79. The third-order valence-corrected chi connectivity index (χ3v) is 2.64. The number of hydrogen-bond donors (Lipinski definition) is 0. The third-order valence-electron chi connectivity index (χ3n) is 2.02. The first-order valence-corrected chi connectivity index (χ1v) is 5.00. The molecule has 84 valence electrons. The molecule has 0 atom stereocenters. The fraction of sp³-hybridized carbons (Fsp3) is 0. The molecule has 0 aliphatic rings. The van der Waals surface area contributed by atoms with Gasteiger partial charge in [0.05, 0.1) is 16.0 Å². The summed E-state index contributed by atoms with van der Waals surface area (Å²) in [5.74, 6) is 0. The summed E-state index contributed by atoms with van der Waals surface area (Å²) in [5.41, 5.74) is 0.0505. The van der Waals surface area contributed by atoms with Crippen LogP contribution in [0.4, 0.5) is 5.69 Å². The summed E-state index contributed by atoms with van der Waals surface area (Å²) in [5, 5.41) is 19.5. The zero-order valence-corrected chi connectivity index (χ0v) is 9.53. The number of hydrogen-bond acceptors (Lipinski definition) is 5. The van der Waals surface area contributed by atoms with Crippen molar-refractivity contribution in [2.45, 2.75) is 0 Å². The minimum atomic E-state index is -0.664. The van der Waals surface area contributed by atoms with Crippen molar-refractivity contribution in [3.05, 3.63) is 38.1 Å². The molecule has 1 aromatic heterocycles. The molecule has 6 nitrogen and oxygen atoms in total. The summed E-state index contributed by atoms with van der Waals surface area (Å²) < 4.78 is 0. The van der Waals surface area contributed by atoms with Crippen LogP contribution in [0.5, 0.6) is 0 Å². The smallest absolute Gasteiger partial charge is 0.258 e. The normalized spacial score (nSPS) is 10.2. The number of nitro benzene ring substituents is 1. The van der Waals surface area contributed by atoms with Gasteiger partial charge in [-0.25, -0.2) is 9.97 Å². The van der Waals surface area contributed by atoms with Crippen LogP contribution < -0.4 is 0 Å². The average Bonchev–Trinajstić information content (AvgIpc) is 2.29. The Hall–Kier alpha value is -1.97. The summed E-state index contributed by atoms with van der Waals surface area (Å²) in [6.45, 7) is 0. The monoisotopic (exact) mass is 268 g/mol. The van der Waals surface area contributed by atoms with Gasteiger partial charge in [0.25, 0.3) is 5.69 Å². The van der Waals surface area contributed by atoms with Gasteiger partial charge < -0.3 is 0 Å². The van der Waals surface area contributed by atoms with Crippen LogP contribution in [0.1, 0.15) is 5.56 Å². The Bertz CT molecular complexity index is 681. The van der Waals surface area contributed by atoms with Gasteiger partial charge in [0.1, 0.15) is 11.6 Å². The van der Waals surface area contributed by atoms with Crippen LogP contribution in [0, 0.1) is 21.4 Å². The van der Waals surface area contributed by atoms with Gasteiger partial charge in [-0.1, -0.05) is 23.2 Å². The van der Waals surface area contributed by atoms with Gasteiger partial charge in [-0.2, -0.15) is 5.26 Å². The van der Waals surface area contributed by atoms with Crippen molar-refractivity contribution in [1.82, 2.24) is 9.97 Å². The third kappa shape index (κ3) is 1.98. The molecule has 0 saturated carbocycles. The fourth-order valence-electron chi connectivity index (χ4n) is 1.29. The molecule has 8 heteroatoms. The summed E-state index contributed by atoms with van der Waals surface area (Å²) in [7, 11) is 0. The summed E-state index contributed by atoms with van der Waals surface area (Å²) in [6, 6.07) is 4.11. The highest BCUT2D eigenvalue weighted by Crippen LogP contribution is 2.26. The van der Waals surface area contributed by atoms with Crippen LogP contribution >= 0.6 is 23.2 Å². The molecule has 0 aliphatic heterocycles. The lowest BCUT2D eigenvalue weighted by atomic mass is 10.1. The number of rotatable bonds is 1. The van der Waals surface area contributed by atoms with E-state index in [9.17, 15) is 10.1 Å². The molecule has 0 aliphatic carbocycles. The van der Waals surface area contributed by atoms with E-state index < -0.39 is 4.92 Å². The van der Waals surface area contributed by atoms with Crippen molar-refractivity contribution < 1.29 is 4.92 Å². The lowest BCUT2D eigenvalue weighted by Crippen LogP contribution is -1.95. The molecule has 0 saturated heterocycles. The number of nitriles is 1. The van der Waals surface area contributed by atoms with Gasteiger partial charge in [-0.15, -0.1) is 0 Å². The first-order valence-electron chi connectivity index (χ1n) is 4.24. The van der Waals surface area contributed by atoms with Crippen molar-refractivity contribution in [1.29, 1.82) is 5.26 Å². The number of nitro groups is 1. The molecule has 0 fully saturated rings. The molecule has 0 spiro atoms. The second kappa shape index (κ2) is 4.13. The first-order chi connectivity index (χ1) is 8.02. The highest BCUT2D eigenvalue weighted by Gasteiger charge is 2.17. The molecule has 0 radical (unpaired) electrons. The first kappa shape index (κ1) is 11.5. The molecular weight excluding hydrogens is 267 g/mol. The summed E-state index contributed by atoms with van der Waals surface area (Å²) >= 11 is 11.3. The zero-order chi connectivity index (χ0) is 12.6. The van der Waals surface area contributed by atoms with Gasteiger partial charge >= 0.3 is 0 Å². The predicted molar refractivity (Wildman–Crippen MR) is 60.9 cm³/mol. The Labute approximate surface area is 105 Å². The number of aromatic nitrogens is 2. The summed E-state index contributed by atoms with van der Waals surface area (Å²) in [4.78, 5) is 17.8. The van der Waals surface area contributed by atoms with Crippen LogP contribution in [-0.4, -0.2) is 14.9 Å². The highest BCUT2D eigenvalue weighted by molar-refractivity contribution is 6.40. The largest absolute Gasteiger partial charge is 0.289 e. The van der Waals surface area contributed by atoms with Crippen LogP contribution in [0.25, 0.3) is 11.0 Å². The molecule has 0 N–H and O–H groups in total. The Morgan fingerprint density at radius 3 is 2.24 bits per heavy atom. The molecule has 2 aromatic rings. The molecule has 2 rings (SSSR count). The van der Waals surface area contributed by atoms with Crippen molar-refractivity contribution in [3.8, 4) is 6.07 Å². The second-order valence-electron chi connectivity index (χ2n) is 3.03. The van der Waals surface area contributed by atoms with E-state index in [2.05, 4.69) is 9.97 Å². The van der Waals surface area contributed by atoms with Crippen molar-refractivity contribution in [2.24, 2.45) is 0 Å². The topological polar surface area (TPSA) is 92.7 Å². The van der Waals surface area contributed by atoms with Gasteiger partial charge in [0.2, 0.25) is 0 Å². The van der Waals surface area contributed by atoms with E-state index in [1.165, 1.54) is 6.07 Å². The van der Waals surface area contributed by atoms with E-state index in [0.717, 1.165) is 6.07 Å². The van der Waals surface area contributed by atoms with Crippen LogP contribution in [0.3, 0.4) is 0 Å². The molecule has 1 aromatic carbocycles. The maximum absolute atomic E-state index is 10.7. The molecule has 1 heterocycles. The number of nitrogens with zero attached hydrogens (tertiary/aromatic N) is 4. The number of benzene rings is 1. The van der Waals surface area contributed by atoms with Gasteiger partial charge in [-0.3, -0.25) is 10.1 Å². The Morgan fingerprint density at radius 2 is 1.76 bits per heavy atom. The highest BCUT2D eigenvalue weighted by atomic mass is 35.5.